The average Bonchev–Trinajstić information content (AvgIpc) is 2.38. The molecule has 0 spiro atoms. The van der Waals surface area contributed by atoms with Crippen molar-refractivity contribution >= 4 is 33.2 Å². The molecule has 0 aliphatic rings. The minimum atomic E-state index is -4.69. The lowest BCUT2D eigenvalue weighted by molar-refractivity contribution is -0.274. The number of hydrogen-bond acceptors (Lipinski definition) is 2. The van der Waals surface area contributed by atoms with E-state index in [1.54, 1.807) is 24.3 Å². The predicted octanol–water partition coefficient (Wildman–Crippen LogP) is 5.61. The highest BCUT2D eigenvalue weighted by Gasteiger charge is 2.31. The minimum Gasteiger partial charge on any atom is -0.406 e. The molecule has 2 aromatic carbocycles. The fourth-order valence-electron chi connectivity index (χ4n) is 1.68. The van der Waals surface area contributed by atoms with Crippen LogP contribution in [0, 0.1) is 0 Å². The van der Waals surface area contributed by atoms with Crippen molar-refractivity contribution in [3.8, 4) is 5.75 Å². The Kier molecular flexibility index (Phi) is 5.00. The minimum absolute atomic E-state index is 0.248. The predicted molar refractivity (Wildman–Crippen MR) is 79.6 cm³/mol. The van der Waals surface area contributed by atoms with Crippen LogP contribution in [0.3, 0.4) is 0 Å². The highest BCUT2D eigenvalue weighted by Crippen LogP contribution is 2.27. The molecule has 0 saturated carbocycles. The summed E-state index contributed by atoms with van der Waals surface area (Å²) in [5.74, 6) is -0.248. The third kappa shape index (κ3) is 5.13. The first-order chi connectivity index (χ1) is 9.83. The SMILES string of the molecule is FC(F)(F)Oc1cccc(CNc2cc(Br)ccc2Cl)c1. The van der Waals surface area contributed by atoms with Crippen LogP contribution in [0.5, 0.6) is 5.75 Å². The van der Waals surface area contributed by atoms with Crippen molar-refractivity contribution in [2.45, 2.75) is 12.9 Å². The second-order valence-electron chi connectivity index (χ2n) is 4.17. The monoisotopic (exact) mass is 379 g/mol. The molecule has 0 atom stereocenters. The van der Waals surface area contributed by atoms with Crippen molar-refractivity contribution in [3.63, 3.8) is 0 Å². The molecule has 0 fully saturated rings. The maximum atomic E-state index is 12.2. The highest BCUT2D eigenvalue weighted by molar-refractivity contribution is 9.10. The van der Waals surface area contributed by atoms with Crippen LogP contribution in [-0.4, -0.2) is 6.36 Å². The Morgan fingerprint density at radius 3 is 2.62 bits per heavy atom. The van der Waals surface area contributed by atoms with Crippen LogP contribution in [0.2, 0.25) is 5.02 Å². The van der Waals surface area contributed by atoms with E-state index < -0.39 is 6.36 Å². The van der Waals surface area contributed by atoms with Crippen molar-refractivity contribution in [3.05, 3.63) is 57.5 Å². The summed E-state index contributed by atoms with van der Waals surface area (Å²) in [7, 11) is 0. The molecule has 2 aromatic rings. The van der Waals surface area contributed by atoms with Gasteiger partial charge in [-0.1, -0.05) is 39.7 Å². The third-order valence-electron chi connectivity index (χ3n) is 2.54. The fraction of sp³-hybridized carbons (Fsp3) is 0.143. The summed E-state index contributed by atoms with van der Waals surface area (Å²) < 4.78 is 41.2. The van der Waals surface area contributed by atoms with Crippen molar-refractivity contribution < 1.29 is 17.9 Å². The summed E-state index contributed by atoms with van der Waals surface area (Å²) >= 11 is 9.35. The van der Waals surface area contributed by atoms with Crippen LogP contribution < -0.4 is 10.1 Å². The lowest BCUT2D eigenvalue weighted by atomic mass is 10.2. The van der Waals surface area contributed by atoms with Gasteiger partial charge < -0.3 is 10.1 Å². The van der Waals surface area contributed by atoms with Crippen LogP contribution in [0.25, 0.3) is 0 Å². The van der Waals surface area contributed by atoms with E-state index in [4.69, 9.17) is 11.6 Å². The molecule has 7 heteroatoms. The Labute approximate surface area is 133 Å². The van der Waals surface area contributed by atoms with E-state index in [2.05, 4.69) is 26.0 Å². The first-order valence-corrected chi connectivity index (χ1v) is 7.04. The number of anilines is 1. The summed E-state index contributed by atoms with van der Waals surface area (Å²) in [6, 6.07) is 11.1. The number of rotatable bonds is 4. The third-order valence-corrected chi connectivity index (χ3v) is 3.37. The van der Waals surface area contributed by atoms with Gasteiger partial charge in [0.15, 0.2) is 0 Å². The summed E-state index contributed by atoms with van der Waals surface area (Å²) in [6.45, 7) is 0.325. The first kappa shape index (κ1) is 16.0. The molecule has 1 N–H and O–H groups in total. The Bertz CT molecular complexity index is 634. The Balaban J connectivity index is 2.06. The lowest BCUT2D eigenvalue weighted by Gasteiger charge is -2.12. The maximum absolute atomic E-state index is 12.2. The standard InChI is InChI=1S/C14H10BrClF3NO/c15-10-4-5-12(16)13(7-10)20-8-9-2-1-3-11(6-9)21-14(17,18)19/h1-7,20H,8H2. The molecule has 0 bridgehead atoms. The van der Waals surface area contributed by atoms with E-state index in [0.717, 1.165) is 4.47 Å². The van der Waals surface area contributed by atoms with E-state index in [-0.39, 0.29) is 5.75 Å². The summed E-state index contributed by atoms with van der Waals surface area (Å²) in [5.41, 5.74) is 1.33. The smallest absolute Gasteiger partial charge is 0.406 e. The molecule has 0 aliphatic carbocycles. The number of benzene rings is 2. The first-order valence-electron chi connectivity index (χ1n) is 5.87. The molecule has 0 amide bonds. The molecular formula is C14H10BrClF3NO. The largest absolute Gasteiger partial charge is 0.573 e. The van der Waals surface area contributed by atoms with Gasteiger partial charge in [0.2, 0.25) is 0 Å². The van der Waals surface area contributed by atoms with Gasteiger partial charge in [0.05, 0.1) is 10.7 Å². The number of ether oxygens (including phenoxy) is 1. The quantitative estimate of drug-likeness (QED) is 0.744. The van der Waals surface area contributed by atoms with E-state index in [1.165, 1.54) is 18.2 Å². The van der Waals surface area contributed by atoms with E-state index in [0.29, 0.717) is 22.8 Å². The van der Waals surface area contributed by atoms with Crippen LogP contribution in [0.15, 0.2) is 46.9 Å². The molecule has 112 valence electrons. The molecule has 0 heterocycles. The van der Waals surface area contributed by atoms with Crippen LogP contribution >= 0.6 is 27.5 Å². The van der Waals surface area contributed by atoms with E-state index in [9.17, 15) is 13.2 Å². The van der Waals surface area contributed by atoms with Crippen LogP contribution in [0.1, 0.15) is 5.56 Å². The molecule has 0 unspecified atom stereocenters. The average molecular weight is 381 g/mol. The van der Waals surface area contributed by atoms with Gasteiger partial charge >= 0.3 is 6.36 Å². The topological polar surface area (TPSA) is 21.3 Å². The Morgan fingerprint density at radius 1 is 1.14 bits per heavy atom. The van der Waals surface area contributed by atoms with Gasteiger partial charge in [0.25, 0.3) is 0 Å². The van der Waals surface area contributed by atoms with Crippen LogP contribution in [-0.2, 0) is 6.54 Å². The normalized spacial score (nSPS) is 11.3. The molecule has 21 heavy (non-hydrogen) atoms. The number of halogens is 5. The number of nitrogens with one attached hydrogen (secondary N) is 1. The van der Waals surface area contributed by atoms with Gasteiger partial charge in [0, 0.05) is 11.0 Å². The van der Waals surface area contributed by atoms with Gasteiger partial charge in [0.1, 0.15) is 5.75 Å². The zero-order chi connectivity index (χ0) is 15.5. The molecule has 0 saturated heterocycles. The number of alkyl halides is 3. The Hall–Kier alpha value is -1.40. The summed E-state index contributed by atoms with van der Waals surface area (Å²) in [6.07, 6.45) is -4.69. The highest BCUT2D eigenvalue weighted by atomic mass is 79.9. The molecule has 2 rings (SSSR count). The molecule has 0 aliphatic heterocycles. The Morgan fingerprint density at radius 2 is 1.90 bits per heavy atom. The fourth-order valence-corrected chi connectivity index (χ4v) is 2.23. The number of hydrogen-bond donors (Lipinski definition) is 1. The van der Waals surface area contributed by atoms with Crippen molar-refractivity contribution in [2.75, 3.05) is 5.32 Å². The summed E-state index contributed by atoms with van der Waals surface area (Å²) in [5, 5.41) is 3.59. The van der Waals surface area contributed by atoms with E-state index >= 15 is 0 Å². The van der Waals surface area contributed by atoms with E-state index in [1.807, 2.05) is 0 Å². The molecular weight excluding hydrogens is 371 g/mol. The van der Waals surface area contributed by atoms with Crippen molar-refractivity contribution in [1.82, 2.24) is 0 Å². The zero-order valence-corrected chi connectivity index (χ0v) is 12.9. The molecule has 0 aromatic heterocycles. The van der Waals surface area contributed by atoms with Gasteiger partial charge in [-0.15, -0.1) is 13.2 Å². The van der Waals surface area contributed by atoms with Crippen LogP contribution in [0.4, 0.5) is 18.9 Å². The van der Waals surface area contributed by atoms with Gasteiger partial charge in [-0.3, -0.25) is 0 Å². The summed E-state index contributed by atoms with van der Waals surface area (Å²) in [4.78, 5) is 0. The second kappa shape index (κ2) is 6.58. The zero-order valence-electron chi connectivity index (χ0n) is 10.5. The molecule has 0 radical (unpaired) electrons. The van der Waals surface area contributed by atoms with Gasteiger partial charge in [-0.2, -0.15) is 0 Å². The van der Waals surface area contributed by atoms with Gasteiger partial charge in [-0.25, -0.2) is 0 Å². The van der Waals surface area contributed by atoms with Crippen molar-refractivity contribution in [1.29, 1.82) is 0 Å². The van der Waals surface area contributed by atoms with Crippen molar-refractivity contribution in [2.24, 2.45) is 0 Å². The molecule has 2 nitrogen and oxygen atoms in total. The van der Waals surface area contributed by atoms with Gasteiger partial charge in [-0.05, 0) is 35.9 Å². The second-order valence-corrected chi connectivity index (χ2v) is 5.50. The maximum Gasteiger partial charge on any atom is 0.573 e. The lowest BCUT2D eigenvalue weighted by Crippen LogP contribution is -2.17.